The second kappa shape index (κ2) is 6.74. The van der Waals surface area contributed by atoms with Crippen molar-refractivity contribution in [2.75, 3.05) is 13.2 Å². The van der Waals surface area contributed by atoms with Crippen LogP contribution in [0.5, 0.6) is 0 Å². The van der Waals surface area contributed by atoms with Gasteiger partial charge in [0, 0.05) is 12.6 Å². The molecule has 3 heteroatoms. The Morgan fingerprint density at radius 2 is 2.18 bits per heavy atom. The van der Waals surface area contributed by atoms with Crippen molar-refractivity contribution < 1.29 is 4.74 Å². The molecule has 1 aromatic rings. The fourth-order valence-electron chi connectivity index (χ4n) is 2.50. The van der Waals surface area contributed by atoms with E-state index < -0.39 is 0 Å². The maximum atomic E-state index is 5.66. The predicted octanol–water partition coefficient (Wildman–Crippen LogP) is 1.88. The first-order chi connectivity index (χ1) is 8.40. The number of hydrazine groups is 1. The molecule has 0 saturated carbocycles. The monoisotopic (exact) mass is 234 g/mol. The molecule has 0 aromatic heterocycles. The van der Waals surface area contributed by atoms with E-state index in [1.54, 1.807) is 0 Å². The summed E-state index contributed by atoms with van der Waals surface area (Å²) in [6.45, 7) is 1.76. The summed E-state index contributed by atoms with van der Waals surface area (Å²) in [5, 5.41) is 0. The number of hydrogen-bond donors (Lipinski definition) is 2. The van der Waals surface area contributed by atoms with Crippen LogP contribution in [0.2, 0.25) is 0 Å². The zero-order valence-electron chi connectivity index (χ0n) is 10.3. The maximum Gasteiger partial charge on any atom is 0.0509 e. The molecule has 3 nitrogen and oxygen atoms in total. The molecule has 1 aliphatic rings. The lowest BCUT2D eigenvalue weighted by Gasteiger charge is -2.29. The summed E-state index contributed by atoms with van der Waals surface area (Å²) in [4.78, 5) is 0. The molecule has 94 valence electrons. The SMILES string of the molecule is NNC(CCc1ccccc1)C1CCCOC1. The van der Waals surface area contributed by atoms with Crippen molar-refractivity contribution in [3.63, 3.8) is 0 Å². The van der Waals surface area contributed by atoms with Gasteiger partial charge in [0.2, 0.25) is 0 Å². The first-order valence-electron chi connectivity index (χ1n) is 6.48. The van der Waals surface area contributed by atoms with Gasteiger partial charge in [-0.1, -0.05) is 30.3 Å². The predicted molar refractivity (Wildman–Crippen MR) is 69.4 cm³/mol. The Labute approximate surface area is 103 Å². The number of benzene rings is 1. The summed E-state index contributed by atoms with van der Waals surface area (Å²) < 4.78 is 5.52. The number of rotatable bonds is 5. The minimum absolute atomic E-state index is 0.371. The van der Waals surface area contributed by atoms with E-state index in [-0.39, 0.29) is 0 Å². The summed E-state index contributed by atoms with van der Waals surface area (Å²) in [6.07, 6.45) is 4.54. The molecule has 2 unspecified atom stereocenters. The first-order valence-corrected chi connectivity index (χ1v) is 6.48. The van der Waals surface area contributed by atoms with E-state index >= 15 is 0 Å². The minimum atomic E-state index is 0.371. The molecular formula is C14H22N2O. The lowest BCUT2D eigenvalue weighted by molar-refractivity contribution is 0.0380. The zero-order valence-corrected chi connectivity index (χ0v) is 10.3. The highest BCUT2D eigenvalue weighted by atomic mass is 16.5. The van der Waals surface area contributed by atoms with Crippen LogP contribution in [0.15, 0.2) is 30.3 Å². The largest absolute Gasteiger partial charge is 0.381 e. The summed E-state index contributed by atoms with van der Waals surface area (Å²) >= 11 is 0. The van der Waals surface area contributed by atoms with Crippen LogP contribution in [0.4, 0.5) is 0 Å². The van der Waals surface area contributed by atoms with E-state index in [0.29, 0.717) is 12.0 Å². The van der Waals surface area contributed by atoms with E-state index in [9.17, 15) is 0 Å². The third-order valence-corrected chi connectivity index (χ3v) is 3.57. The molecule has 17 heavy (non-hydrogen) atoms. The summed E-state index contributed by atoms with van der Waals surface area (Å²) in [6, 6.07) is 10.9. The highest BCUT2D eigenvalue weighted by Crippen LogP contribution is 2.20. The van der Waals surface area contributed by atoms with Crippen molar-refractivity contribution >= 4 is 0 Å². The average Bonchev–Trinajstić information content (AvgIpc) is 2.42. The Morgan fingerprint density at radius 3 is 2.82 bits per heavy atom. The van der Waals surface area contributed by atoms with Gasteiger partial charge >= 0.3 is 0 Å². The third-order valence-electron chi connectivity index (χ3n) is 3.57. The van der Waals surface area contributed by atoms with Gasteiger partial charge in [-0.2, -0.15) is 0 Å². The molecule has 1 aliphatic heterocycles. The van der Waals surface area contributed by atoms with Crippen LogP contribution < -0.4 is 11.3 Å². The normalized spacial score (nSPS) is 22.3. The van der Waals surface area contributed by atoms with Crippen LogP contribution in [0.1, 0.15) is 24.8 Å². The quantitative estimate of drug-likeness (QED) is 0.604. The van der Waals surface area contributed by atoms with Gasteiger partial charge in [-0.25, -0.2) is 0 Å². The Morgan fingerprint density at radius 1 is 1.35 bits per heavy atom. The fourth-order valence-corrected chi connectivity index (χ4v) is 2.50. The summed E-state index contributed by atoms with van der Waals surface area (Å²) in [7, 11) is 0. The Hall–Kier alpha value is -0.900. The molecule has 1 fully saturated rings. The topological polar surface area (TPSA) is 47.3 Å². The Balaban J connectivity index is 1.82. The van der Waals surface area contributed by atoms with Crippen LogP contribution >= 0.6 is 0 Å². The molecule has 0 radical (unpaired) electrons. The molecule has 1 heterocycles. The highest BCUT2D eigenvalue weighted by Gasteiger charge is 2.22. The third kappa shape index (κ3) is 3.80. The van der Waals surface area contributed by atoms with E-state index in [1.807, 2.05) is 0 Å². The van der Waals surface area contributed by atoms with Crippen LogP contribution in [-0.4, -0.2) is 19.3 Å². The maximum absolute atomic E-state index is 5.66. The van der Waals surface area contributed by atoms with Gasteiger partial charge in [0.05, 0.1) is 6.61 Å². The second-order valence-corrected chi connectivity index (χ2v) is 4.77. The van der Waals surface area contributed by atoms with Gasteiger partial charge in [0.25, 0.3) is 0 Å². The van der Waals surface area contributed by atoms with E-state index in [2.05, 4.69) is 35.8 Å². The first kappa shape index (κ1) is 12.6. The lowest BCUT2D eigenvalue weighted by atomic mass is 9.90. The van der Waals surface area contributed by atoms with Crippen molar-refractivity contribution in [1.82, 2.24) is 5.43 Å². The number of nitrogens with one attached hydrogen (secondary N) is 1. The van der Waals surface area contributed by atoms with Crippen molar-refractivity contribution in [2.24, 2.45) is 11.8 Å². The molecule has 2 rings (SSSR count). The van der Waals surface area contributed by atoms with Gasteiger partial charge in [-0.3, -0.25) is 11.3 Å². The molecular weight excluding hydrogens is 212 g/mol. The number of hydrogen-bond acceptors (Lipinski definition) is 3. The van der Waals surface area contributed by atoms with Crippen LogP contribution in [0, 0.1) is 5.92 Å². The van der Waals surface area contributed by atoms with Gasteiger partial charge < -0.3 is 4.74 Å². The number of nitrogens with two attached hydrogens (primary N) is 1. The van der Waals surface area contributed by atoms with E-state index in [4.69, 9.17) is 10.6 Å². The number of ether oxygens (including phenoxy) is 1. The van der Waals surface area contributed by atoms with Crippen molar-refractivity contribution in [3.8, 4) is 0 Å². The van der Waals surface area contributed by atoms with Gasteiger partial charge in [-0.15, -0.1) is 0 Å². The van der Waals surface area contributed by atoms with Crippen molar-refractivity contribution in [1.29, 1.82) is 0 Å². The molecule has 0 bridgehead atoms. The minimum Gasteiger partial charge on any atom is -0.381 e. The molecule has 1 saturated heterocycles. The molecule has 0 spiro atoms. The van der Waals surface area contributed by atoms with Crippen LogP contribution in [0.3, 0.4) is 0 Å². The van der Waals surface area contributed by atoms with Crippen molar-refractivity contribution in [3.05, 3.63) is 35.9 Å². The van der Waals surface area contributed by atoms with Crippen LogP contribution in [-0.2, 0) is 11.2 Å². The second-order valence-electron chi connectivity index (χ2n) is 4.77. The van der Waals surface area contributed by atoms with E-state index in [0.717, 1.165) is 32.5 Å². The molecule has 0 aliphatic carbocycles. The molecule has 1 aromatic carbocycles. The average molecular weight is 234 g/mol. The smallest absolute Gasteiger partial charge is 0.0509 e. The summed E-state index contributed by atoms with van der Waals surface area (Å²) in [5.74, 6) is 6.23. The molecule has 2 atom stereocenters. The standard InChI is InChI=1S/C14H22N2O/c15-16-14(13-7-4-10-17-11-13)9-8-12-5-2-1-3-6-12/h1-3,5-6,13-14,16H,4,7-11,15H2. The van der Waals surface area contributed by atoms with Gasteiger partial charge in [-0.05, 0) is 37.2 Å². The fraction of sp³-hybridized carbons (Fsp3) is 0.571. The van der Waals surface area contributed by atoms with Crippen LogP contribution in [0.25, 0.3) is 0 Å². The Bertz CT molecular complexity index is 309. The lowest BCUT2D eigenvalue weighted by Crippen LogP contribution is -2.44. The van der Waals surface area contributed by atoms with Gasteiger partial charge in [0.1, 0.15) is 0 Å². The van der Waals surface area contributed by atoms with Gasteiger partial charge in [0.15, 0.2) is 0 Å². The Kier molecular flexibility index (Phi) is 4.98. The summed E-state index contributed by atoms with van der Waals surface area (Å²) in [5.41, 5.74) is 4.34. The van der Waals surface area contributed by atoms with Crippen molar-refractivity contribution in [2.45, 2.75) is 31.7 Å². The van der Waals surface area contributed by atoms with E-state index in [1.165, 1.54) is 12.0 Å². The molecule has 3 N–H and O–H groups in total. The zero-order chi connectivity index (χ0) is 11.9. The highest BCUT2D eigenvalue weighted by molar-refractivity contribution is 5.14. The molecule has 0 amide bonds. The number of aryl methyl sites for hydroxylation is 1.